The summed E-state index contributed by atoms with van der Waals surface area (Å²) in [5.74, 6) is 0. The van der Waals surface area contributed by atoms with Crippen LogP contribution in [0.3, 0.4) is 0 Å². The lowest BCUT2D eigenvalue weighted by Crippen LogP contribution is -1.88. The lowest BCUT2D eigenvalue weighted by atomic mass is 9.92. The minimum absolute atomic E-state index is 0.817. The minimum atomic E-state index is 0.817. The van der Waals surface area contributed by atoms with Gasteiger partial charge in [0, 0.05) is 0 Å². The van der Waals surface area contributed by atoms with Crippen molar-refractivity contribution in [2.24, 2.45) is 0 Å². The van der Waals surface area contributed by atoms with Crippen molar-refractivity contribution < 1.29 is 0 Å². The normalized spacial score (nSPS) is 12.9. The average Bonchev–Trinajstić information content (AvgIpc) is 3.08. The Morgan fingerprint density at radius 3 is 2.58 bits per heavy atom. The summed E-state index contributed by atoms with van der Waals surface area (Å²) in [6.07, 6.45) is 11.0. The van der Waals surface area contributed by atoms with E-state index in [0.29, 0.717) is 0 Å². The third-order valence-corrected chi connectivity index (χ3v) is 6.04. The number of hydrogen-bond donors (Lipinski definition) is 0. The minimum Gasteiger partial charge on any atom is -0.121 e. The van der Waals surface area contributed by atoms with Gasteiger partial charge in [-0.2, -0.15) is 0 Å². The summed E-state index contributed by atoms with van der Waals surface area (Å²) in [5, 5.41) is 5.22. The Balaban J connectivity index is 1.52. The van der Waals surface area contributed by atoms with Gasteiger partial charge in [-0.25, -0.2) is 0 Å². The lowest BCUT2D eigenvalue weighted by molar-refractivity contribution is 1.30. The quantitative estimate of drug-likeness (QED) is 0.239. The maximum atomic E-state index is 4.36. The van der Waals surface area contributed by atoms with Gasteiger partial charge in [0.1, 0.15) is 0 Å². The van der Waals surface area contributed by atoms with E-state index in [2.05, 4.69) is 104 Å². The highest BCUT2D eigenvalue weighted by Crippen LogP contribution is 2.33. The van der Waals surface area contributed by atoms with Crippen molar-refractivity contribution in [2.75, 3.05) is 0 Å². The van der Waals surface area contributed by atoms with Crippen molar-refractivity contribution in [1.82, 2.24) is 0 Å². The molecule has 0 bridgehead atoms. The molecule has 0 aromatic heterocycles. The molecule has 0 atom stereocenters. The van der Waals surface area contributed by atoms with Gasteiger partial charge in [0.15, 0.2) is 0 Å². The van der Waals surface area contributed by atoms with E-state index in [-0.39, 0.29) is 0 Å². The molecule has 1 aliphatic rings. The molecule has 0 radical (unpaired) electrons. The first-order valence-electron chi connectivity index (χ1n) is 10.7. The number of rotatable bonds is 4. The number of aryl methyl sites for hydroxylation is 1. The Morgan fingerprint density at radius 1 is 0.806 bits per heavy atom. The molecule has 0 heteroatoms. The van der Waals surface area contributed by atoms with Gasteiger partial charge in [0.25, 0.3) is 0 Å². The maximum Gasteiger partial charge on any atom is -0.00196 e. The monoisotopic (exact) mass is 396 g/mol. The van der Waals surface area contributed by atoms with Crippen LogP contribution in [0.5, 0.6) is 0 Å². The summed E-state index contributed by atoms with van der Waals surface area (Å²) in [7, 11) is 0. The van der Waals surface area contributed by atoms with Gasteiger partial charge < -0.3 is 0 Å². The van der Waals surface area contributed by atoms with Crippen LogP contribution in [0.15, 0.2) is 121 Å². The summed E-state index contributed by atoms with van der Waals surface area (Å²) < 4.78 is 0. The van der Waals surface area contributed by atoms with E-state index >= 15 is 0 Å². The molecule has 4 aromatic carbocycles. The van der Waals surface area contributed by atoms with Gasteiger partial charge in [-0.1, -0.05) is 79.4 Å². The maximum absolute atomic E-state index is 4.36. The van der Waals surface area contributed by atoms with Crippen LogP contribution in [-0.4, -0.2) is 0 Å². The molecule has 148 valence electrons. The van der Waals surface area contributed by atoms with E-state index < -0.39 is 0 Å². The molecule has 0 spiro atoms. The third kappa shape index (κ3) is 3.82. The first kappa shape index (κ1) is 19.1. The number of allylic oxidation sites excluding steroid dienone is 6. The van der Waals surface area contributed by atoms with Crippen molar-refractivity contribution >= 4 is 27.1 Å². The Morgan fingerprint density at radius 2 is 1.65 bits per heavy atom. The van der Waals surface area contributed by atoms with E-state index in [1.54, 1.807) is 0 Å². The highest BCUT2D eigenvalue weighted by atomic mass is 14.1. The highest BCUT2D eigenvalue weighted by molar-refractivity contribution is 6.03. The zero-order valence-electron chi connectivity index (χ0n) is 17.7. The van der Waals surface area contributed by atoms with Gasteiger partial charge in [-0.05, 0) is 98.6 Å². The predicted molar refractivity (Wildman–Crippen MR) is 135 cm³/mol. The molecule has 0 fully saturated rings. The number of benzene rings is 4. The van der Waals surface area contributed by atoms with Crippen molar-refractivity contribution in [3.63, 3.8) is 0 Å². The topological polar surface area (TPSA) is 0 Å². The molecule has 1 aliphatic carbocycles. The van der Waals surface area contributed by atoms with E-state index in [1.807, 2.05) is 18.2 Å². The Labute approximate surface area is 183 Å². The number of hydrogen-bond acceptors (Lipinski definition) is 0. The third-order valence-electron chi connectivity index (χ3n) is 6.04. The fraction of sp³-hybridized carbons (Fsp3) is 0.0645. The molecule has 0 amide bonds. The first-order chi connectivity index (χ1) is 15.2. The Hall–Kier alpha value is -3.86. The highest BCUT2D eigenvalue weighted by Gasteiger charge is 2.08. The van der Waals surface area contributed by atoms with Crippen LogP contribution in [0, 0.1) is 6.92 Å². The first-order valence-corrected chi connectivity index (χ1v) is 10.7. The van der Waals surface area contributed by atoms with E-state index in [9.17, 15) is 0 Å². The fourth-order valence-electron chi connectivity index (χ4n) is 4.33. The molecule has 0 heterocycles. The average molecular weight is 397 g/mol. The molecule has 0 unspecified atom stereocenters. The molecule has 0 saturated heterocycles. The van der Waals surface area contributed by atoms with Gasteiger partial charge in [0.05, 0.1) is 0 Å². The molecular weight excluding hydrogens is 372 g/mol. The molecule has 5 rings (SSSR count). The van der Waals surface area contributed by atoms with Crippen LogP contribution in [-0.2, 0) is 0 Å². The molecule has 31 heavy (non-hydrogen) atoms. The van der Waals surface area contributed by atoms with Crippen LogP contribution >= 0.6 is 0 Å². The predicted octanol–water partition coefficient (Wildman–Crippen LogP) is 8.58. The zero-order chi connectivity index (χ0) is 21.2. The molecular formula is C31H24. The SMILES string of the molecule is C=C(CC1=CC=CC=C=C1)c1cccc(-c2ccc3cc4ccccc4c(C)c3c2)c1. The number of fused-ring (bicyclic) bond motifs is 2. The van der Waals surface area contributed by atoms with Gasteiger partial charge in [-0.3, -0.25) is 0 Å². The van der Waals surface area contributed by atoms with Crippen LogP contribution < -0.4 is 0 Å². The summed E-state index contributed by atoms with van der Waals surface area (Å²) in [5.41, 5.74) is 10.5. The van der Waals surface area contributed by atoms with Crippen molar-refractivity contribution in [3.8, 4) is 11.1 Å². The van der Waals surface area contributed by atoms with Crippen LogP contribution in [0.25, 0.3) is 38.2 Å². The van der Waals surface area contributed by atoms with Crippen LogP contribution in [0.1, 0.15) is 17.5 Å². The molecule has 0 N–H and O–H groups in total. The fourth-order valence-corrected chi connectivity index (χ4v) is 4.33. The second-order valence-electron chi connectivity index (χ2n) is 8.12. The second kappa shape index (κ2) is 8.11. The summed E-state index contributed by atoms with van der Waals surface area (Å²) in [4.78, 5) is 0. The molecule has 4 aromatic rings. The van der Waals surface area contributed by atoms with Crippen molar-refractivity contribution in [1.29, 1.82) is 0 Å². The standard InChI is InChI=1S/C31H24/c1-22(18-24-10-5-3-4-6-11-24)25-13-9-14-26(19-25)27-16-17-29-20-28-12-7-8-15-30(28)23(2)31(29)21-27/h3-5,7-17,19-21H,1,18H2,2H3. The largest absolute Gasteiger partial charge is 0.121 e. The Kier molecular flexibility index (Phi) is 5.00. The van der Waals surface area contributed by atoms with Crippen molar-refractivity contribution in [2.45, 2.75) is 13.3 Å². The second-order valence-corrected chi connectivity index (χ2v) is 8.12. The van der Waals surface area contributed by atoms with E-state index in [0.717, 1.165) is 12.0 Å². The summed E-state index contributed by atoms with van der Waals surface area (Å²) >= 11 is 0. The lowest BCUT2D eigenvalue weighted by Gasteiger charge is -2.12. The smallest absolute Gasteiger partial charge is 0.00196 e. The van der Waals surface area contributed by atoms with Crippen LogP contribution in [0.4, 0.5) is 0 Å². The summed E-state index contributed by atoms with van der Waals surface area (Å²) in [6.45, 7) is 6.59. The van der Waals surface area contributed by atoms with E-state index in [1.165, 1.54) is 49.4 Å². The summed E-state index contributed by atoms with van der Waals surface area (Å²) in [6, 6.07) is 26.4. The van der Waals surface area contributed by atoms with E-state index in [4.69, 9.17) is 0 Å². The molecule has 0 nitrogen and oxygen atoms in total. The van der Waals surface area contributed by atoms with Gasteiger partial charge in [-0.15, -0.1) is 5.73 Å². The Bertz CT molecular complexity index is 1450. The van der Waals surface area contributed by atoms with Gasteiger partial charge >= 0.3 is 0 Å². The van der Waals surface area contributed by atoms with Crippen molar-refractivity contribution in [3.05, 3.63) is 132 Å². The molecule has 0 aliphatic heterocycles. The zero-order valence-corrected chi connectivity index (χ0v) is 17.7. The molecule has 0 saturated carbocycles. The van der Waals surface area contributed by atoms with Crippen LogP contribution in [0.2, 0.25) is 0 Å². The van der Waals surface area contributed by atoms with Gasteiger partial charge in [0.2, 0.25) is 0 Å².